The molecule has 1 fully saturated rings. The van der Waals surface area contributed by atoms with Gasteiger partial charge in [0.25, 0.3) is 5.69 Å². The van der Waals surface area contributed by atoms with E-state index in [1.165, 1.54) is 24.3 Å². The summed E-state index contributed by atoms with van der Waals surface area (Å²) in [5.41, 5.74) is 2.13. The molecule has 2 atom stereocenters. The Morgan fingerprint density at radius 2 is 1.92 bits per heavy atom. The number of nitro benzene ring substituents is 1. The molecular formula is C25H27N5O8. The van der Waals surface area contributed by atoms with E-state index in [9.17, 15) is 19.7 Å². The van der Waals surface area contributed by atoms with Crippen LogP contribution in [0.1, 0.15) is 37.6 Å². The molecule has 0 saturated heterocycles. The van der Waals surface area contributed by atoms with Crippen LogP contribution >= 0.6 is 0 Å². The van der Waals surface area contributed by atoms with Gasteiger partial charge in [-0.25, -0.2) is 14.8 Å². The van der Waals surface area contributed by atoms with E-state index in [0.717, 1.165) is 6.42 Å². The molecule has 0 amide bonds. The Morgan fingerprint density at radius 1 is 1.16 bits per heavy atom. The molecule has 3 aromatic rings. The maximum Gasteiger partial charge on any atom is 0.514 e. The summed E-state index contributed by atoms with van der Waals surface area (Å²) < 4.78 is 23.0. The first kappa shape index (κ1) is 26.5. The van der Waals surface area contributed by atoms with Gasteiger partial charge >= 0.3 is 12.1 Å². The fourth-order valence-electron chi connectivity index (χ4n) is 4.13. The van der Waals surface area contributed by atoms with E-state index in [2.05, 4.69) is 15.1 Å². The van der Waals surface area contributed by atoms with Crippen LogP contribution in [0.4, 0.5) is 10.5 Å². The van der Waals surface area contributed by atoms with Gasteiger partial charge in [0.15, 0.2) is 0 Å². The Morgan fingerprint density at radius 3 is 2.61 bits per heavy atom. The third kappa shape index (κ3) is 6.22. The summed E-state index contributed by atoms with van der Waals surface area (Å²) in [6, 6.07) is 5.06. The SMILES string of the molecule is CCOC(=O)[C@H]1CC[C@H](Oc2ncc(-c3cnn(C)c3COC(=O)Oc3ccc([N+](=O)[O-])cc3)nc2C)C1. The van der Waals surface area contributed by atoms with Gasteiger partial charge in [-0.1, -0.05) is 0 Å². The minimum atomic E-state index is -0.977. The summed E-state index contributed by atoms with van der Waals surface area (Å²) in [7, 11) is 1.70. The number of aromatic nitrogens is 4. The topological polar surface area (TPSA) is 158 Å². The zero-order chi connectivity index (χ0) is 27.2. The number of carbonyl (C=O) groups excluding carboxylic acids is 2. The quantitative estimate of drug-likeness (QED) is 0.172. The zero-order valence-corrected chi connectivity index (χ0v) is 21.2. The summed E-state index contributed by atoms with van der Waals surface area (Å²) in [5, 5.41) is 15.0. The minimum absolute atomic E-state index is 0.110. The van der Waals surface area contributed by atoms with Crippen molar-refractivity contribution in [2.24, 2.45) is 13.0 Å². The smallest absolute Gasteiger partial charge is 0.473 e. The zero-order valence-electron chi connectivity index (χ0n) is 21.2. The number of hydrogen-bond acceptors (Lipinski definition) is 11. The van der Waals surface area contributed by atoms with Crippen LogP contribution in [0.25, 0.3) is 11.3 Å². The standard InChI is InChI=1S/C25H27N5O8/c1-4-35-24(31)16-5-8-19(11-16)37-23-15(2)28-21(13-26-23)20-12-27-29(3)22(20)14-36-25(32)38-18-9-6-17(7-10-18)30(33)34/h6-7,9-10,12-13,16,19H,4-5,8,11,14H2,1-3H3/t16-,19-/m0/s1. The lowest BCUT2D eigenvalue weighted by molar-refractivity contribution is -0.384. The van der Waals surface area contributed by atoms with Crippen molar-refractivity contribution in [3.05, 3.63) is 58.2 Å². The number of ether oxygens (including phenoxy) is 4. The molecule has 13 heteroatoms. The van der Waals surface area contributed by atoms with Crippen LogP contribution in [0.3, 0.4) is 0 Å². The summed E-state index contributed by atoms with van der Waals surface area (Å²) in [5.74, 6) is 0.132. The predicted molar refractivity (Wildman–Crippen MR) is 131 cm³/mol. The van der Waals surface area contributed by atoms with Gasteiger partial charge in [0.1, 0.15) is 24.2 Å². The molecule has 0 unspecified atom stereocenters. The van der Waals surface area contributed by atoms with E-state index in [1.807, 2.05) is 0 Å². The summed E-state index contributed by atoms with van der Waals surface area (Å²) in [6.45, 7) is 3.76. The first-order valence-electron chi connectivity index (χ1n) is 12.0. The van der Waals surface area contributed by atoms with Gasteiger partial charge in [0.05, 0.1) is 41.2 Å². The lowest BCUT2D eigenvalue weighted by Gasteiger charge is -2.15. The Balaban J connectivity index is 1.38. The summed E-state index contributed by atoms with van der Waals surface area (Å²) in [6.07, 6.45) is 4.02. The largest absolute Gasteiger partial charge is 0.514 e. The molecule has 2 heterocycles. The van der Waals surface area contributed by atoms with Gasteiger partial charge in [-0.2, -0.15) is 5.10 Å². The van der Waals surface area contributed by atoms with Crippen LogP contribution < -0.4 is 9.47 Å². The monoisotopic (exact) mass is 525 g/mol. The molecule has 1 saturated carbocycles. The molecule has 0 aliphatic heterocycles. The maximum absolute atomic E-state index is 12.2. The molecule has 4 rings (SSSR count). The van der Waals surface area contributed by atoms with E-state index in [0.29, 0.717) is 48.0 Å². The van der Waals surface area contributed by atoms with Crippen molar-refractivity contribution in [2.45, 2.75) is 45.8 Å². The van der Waals surface area contributed by atoms with E-state index in [-0.39, 0.29) is 36.0 Å². The van der Waals surface area contributed by atoms with Crippen LogP contribution in [0, 0.1) is 23.0 Å². The highest BCUT2D eigenvalue weighted by molar-refractivity contribution is 5.72. The number of nitro groups is 1. The average molecular weight is 526 g/mol. The summed E-state index contributed by atoms with van der Waals surface area (Å²) >= 11 is 0. The minimum Gasteiger partial charge on any atom is -0.473 e. The van der Waals surface area contributed by atoms with Gasteiger partial charge in [-0.3, -0.25) is 19.6 Å². The molecule has 1 aliphatic carbocycles. The second-order valence-electron chi connectivity index (χ2n) is 8.67. The number of benzene rings is 1. The number of rotatable bonds is 9. The summed E-state index contributed by atoms with van der Waals surface area (Å²) in [4.78, 5) is 43.4. The van der Waals surface area contributed by atoms with E-state index in [1.54, 1.807) is 38.0 Å². The molecule has 0 spiro atoms. The predicted octanol–water partition coefficient (Wildman–Crippen LogP) is 3.92. The van der Waals surface area contributed by atoms with Crippen molar-refractivity contribution in [2.75, 3.05) is 6.61 Å². The first-order chi connectivity index (χ1) is 18.2. The molecule has 0 bridgehead atoms. The van der Waals surface area contributed by atoms with E-state index >= 15 is 0 Å². The second-order valence-corrected chi connectivity index (χ2v) is 8.67. The van der Waals surface area contributed by atoms with Crippen LogP contribution in [0.15, 0.2) is 36.7 Å². The number of nitrogens with zero attached hydrogens (tertiary/aromatic N) is 5. The number of non-ortho nitro benzene ring substituents is 1. The van der Waals surface area contributed by atoms with Crippen LogP contribution in [-0.4, -0.2) is 49.5 Å². The molecule has 13 nitrogen and oxygen atoms in total. The Kier molecular flexibility index (Phi) is 8.14. The number of carbonyl (C=O) groups is 2. The Bertz CT molecular complexity index is 1320. The molecule has 2 aromatic heterocycles. The average Bonchev–Trinajstić information content (AvgIpc) is 3.51. The van der Waals surface area contributed by atoms with Crippen molar-refractivity contribution in [3.8, 4) is 22.9 Å². The maximum atomic E-state index is 12.2. The third-order valence-electron chi connectivity index (χ3n) is 6.10. The van der Waals surface area contributed by atoms with Crippen molar-refractivity contribution < 1.29 is 33.5 Å². The first-order valence-corrected chi connectivity index (χ1v) is 12.0. The van der Waals surface area contributed by atoms with Crippen molar-refractivity contribution in [1.82, 2.24) is 19.7 Å². The lowest BCUT2D eigenvalue weighted by Crippen LogP contribution is -2.19. The Labute approximate surface area is 217 Å². The number of esters is 1. The van der Waals surface area contributed by atoms with Gasteiger partial charge < -0.3 is 18.9 Å². The fourth-order valence-corrected chi connectivity index (χ4v) is 4.13. The molecular weight excluding hydrogens is 498 g/mol. The molecule has 38 heavy (non-hydrogen) atoms. The van der Waals surface area contributed by atoms with Gasteiger partial charge in [-0.05, 0) is 45.2 Å². The van der Waals surface area contributed by atoms with Crippen molar-refractivity contribution in [1.29, 1.82) is 0 Å². The van der Waals surface area contributed by atoms with Gasteiger partial charge in [-0.15, -0.1) is 0 Å². The number of aryl methyl sites for hydroxylation is 2. The molecule has 0 radical (unpaired) electrons. The molecule has 0 N–H and O–H groups in total. The van der Waals surface area contributed by atoms with Crippen LogP contribution in [0.5, 0.6) is 11.6 Å². The molecule has 1 aromatic carbocycles. The fraction of sp³-hybridized carbons (Fsp3) is 0.400. The van der Waals surface area contributed by atoms with E-state index in [4.69, 9.17) is 18.9 Å². The van der Waals surface area contributed by atoms with Crippen LogP contribution in [0.2, 0.25) is 0 Å². The van der Waals surface area contributed by atoms with E-state index < -0.39 is 11.1 Å². The highest BCUT2D eigenvalue weighted by atomic mass is 16.7. The number of hydrogen-bond donors (Lipinski definition) is 0. The highest BCUT2D eigenvalue weighted by Crippen LogP contribution is 2.31. The molecule has 1 aliphatic rings. The van der Waals surface area contributed by atoms with Crippen LogP contribution in [-0.2, 0) is 27.9 Å². The molecule has 200 valence electrons. The lowest BCUT2D eigenvalue weighted by atomic mass is 10.1. The van der Waals surface area contributed by atoms with Crippen molar-refractivity contribution in [3.63, 3.8) is 0 Å². The second kappa shape index (κ2) is 11.7. The Hall–Kier alpha value is -4.55. The van der Waals surface area contributed by atoms with Gasteiger partial charge in [0, 0.05) is 24.7 Å². The highest BCUT2D eigenvalue weighted by Gasteiger charge is 2.32. The normalized spacial score (nSPS) is 16.6. The third-order valence-corrected chi connectivity index (χ3v) is 6.10. The van der Waals surface area contributed by atoms with Crippen molar-refractivity contribution >= 4 is 17.8 Å². The van der Waals surface area contributed by atoms with Gasteiger partial charge in [0.2, 0.25) is 5.88 Å².